The van der Waals surface area contributed by atoms with Gasteiger partial charge in [0.2, 0.25) is 11.8 Å². The second-order valence-electron chi connectivity index (χ2n) is 9.81. The van der Waals surface area contributed by atoms with Crippen molar-refractivity contribution < 1.29 is 24.2 Å². The average Bonchev–Trinajstić information content (AvgIpc) is 2.90. The number of benzene rings is 2. The molecule has 3 amide bonds. The van der Waals surface area contributed by atoms with E-state index in [2.05, 4.69) is 10.6 Å². The summed E-state index contributed by atoms with van der Waals surface area (Å²) in [6.07, 6.45) is 4.49. The molecule has 2 aromatic rings. The normalized spacial score (nSPS) is 21.2. The van der Waals surface area contributed by atoms with Crippen LogP contribution in [0.3, 0.4) is 0 Å². The molecule has 0 radical (unpaired) electrons. The van der Waals surface area contributed by atoms with E-state index in [9.17, 15) is 19.5 Å². The summed E-state index contributed by atoms with van der Waals surface area (Å²) in [5, 5.41) is 17.2. The van der Waals surface area contributed by atoms with Crippen molar-refractivity contribution in [2.45, 2.75) is 76.3 Å². The van der Waals surface area contributed by atoms with Gasteiger partial charge in [0.1, 0.15) is 12.6 Å². The molecular formula is C28H34ClN3O5. The summed E-state index contributed by atoms with van der Waals surface area (Å²) >= 11 is 6.00. The number of hydrogen-bond acceptors (Lipinski definition) is 5. The van der Waals surface area contributed by atoms with Gasteiger partial charge in [0, 0.05) is 17.1 Å². The molecule has 1 saturated carbocycles. The molecule has 1 saturated heterocycles. The number of halogens is 1. The Kier molecular flexibility index (Phi) is 9.41. The van der Waals surface area contributed by atoms with E-state index in [0.29, 0.717) is 29.5 Å². The van der Waals surface area contributed by atoms with Crippen LogP contribution in [0.5, 0.6) is 0 Å². The predicted octanol–water partition coefficient (Wildman–Crippen LogP) is 4.54. The van der Waals surface area contributed by atoms with Crippen LogP contribution in [0, 0.1) is 5.92 Å². The van der Waals surface area contributed by atoms with Gasteiger partial charge in [-0.05, 0) is 48.6 Å². The largest absolute Gasteiger partial charge is 0.445 e. The first kappa shape index (κ1) is 26.9. The number of alkyl carbamates (subject to hydrolysis) is 1. The highest BCUT2D eigenvalue weighted by molar-refractivity contribution is 6.30. The van der Waals surface area contributed by atoms with Gasteiger partial charge >= 0.3 is 6.09 Å². The second-order valence-corrected chi connectivity index (χ2v) is 10.2. The fourth-order valence-corrected chi connectivity index (χ4v) is 5.35. The molecule has 9 heteroatoms. The van der Waals surface area contributed by atoms with Crippen molar-refractivity contribution >= 4 is 35.2 Å². The number of aliphatic hydroxyl groups excluding tert-OH is 1. The minimum atomic E-state index is -1.21. The van der Waals surface area contributed by atoms with Crippen LogP contribution in [0.1, 0.15) is 56.9 Å². The molecule has 0 aromatic heterocycles. The zero-order valence-electron chi connectivity index (χ0n) is 20.8. The van der Waals surface area contributed by atoms with E-state index < -0.39 is 30.3 Å². The maximum absolute atomic E-state index is 13.4. The number of hydrogen-bond donors (Lipinski definition) is 3. The third-order valence-electron chi connectivity index (χ3n) is 7.09. The van der Waals surface area contributed by atoms with Crippen molar-refractivity contribution in [3.8, 4) is 0 Å². The Balaban J connectivity index is 1.41. The van der Waals surface area contributed by atoms with Crippen LogP contribution in [0.15, 0.2) is 54.6 Å². The number of carbonyl (C=O) groups excluding carboxylic acids is 3. The van der Waals surface area contributed by atoms with Gasteiger partial charge in [-0.15, -0.1) is 0 Å². The lowest BCUT2D eigenvalue weighted by molar-refractivity contribution is -0.129. The second kappa shape index (κ2) is 12.9. The van der Waals surface area contributed by atoms with Gasteiger partial charge < -0.3 is 20.5 Å². The molecule has 3 atom stereocenters. The number of nitrogens with one attached hydrogen (secondary N) is 2. The molecule has 0 bridgehead atoms. The molecule has 2 aromatic carbocycles. The highest BCUT2D eigenvalue weighted by Crippen LogP contribution is 2.28. The topological polar surface area (TPSA) is 108 Å². The van der Waals surface area contributed by atoms with Crippen LogP contribution >= 0.6 is 11.6 Å². The van der Waals surface area contributed by atoms with Crippen molar-refractivity contribution in [2.75, 3.05) is 4.90 Å². The number of carbonyl (C=O) groups is 3. The minimum Gasteiger partial charge on any atom is -0.445 e. The number of aliphatic hydroxyl groups is 1. The van der Waals surface area contributed by atoms with Gasteiger partial charge in [0.05, 0.1) is 6.04 Å². The molecule has 0 spiro atoms. The number of amides is 3. The van der Waals surface area contributed by atoms with Gasteiger partial charge in [0.25, 0.3) is 0 Å². The highest BCUT2D eigenvalue weighted by Gasteiger charge is 2.38. The Morgan fingerprint density at radius 3 is 2.54 bits per heavy atom. The Labute approximate surface area is 222 Å². The first-order chi connectivity index (χ1) is 17.9. The van der Waals surface area contributed by atoms with Crippen molar-refractivity contribution in [2.24, 2.45) is 5.92 Å². The summed E-state index contributed by atoms with van der Waals surface area (Å²) in [5.41, 5.74) is 1.31. The molecule has 37 heavy (non-hydrogen) atoms. The Hall–Kier alpha value is -3.10. The lowest BCUT2D eigenvalue weighted by Gasteiger charge is -2.38. The summed E-state index contributed by atoms with van der Waals surface area (Å²) in [4.78, 5) is 39.9. The van der Waals surface area contributed by atoms with E-state index in [-0.39, 0.29) is 18.9 Å². The molecule has 0 unspecified atom stereocenters. The summed E-state index contributed by atoms with van der Waals surface area (Å²) in [6.45, 7) is 0.0274. The van der Waals surface area contributed by atoms with Crippen LogP contribution in [-0.4, -0.2) is 41.3 Å². The average molecular weight is 528 g/mol. The van der Waals surface area contributed by atoms with E-state index in [1.54, 1.807) is 48.5 Å². The number of ether oxygens (including phenoxy) is 1. The van der Waals surface area contributed by atoms with Crippen molar-refractivity contribution in [1.82, 2.24) is 10.6 Å². The number of rotatable bonds is 8. The number of anilines is 1. The minimum absolute atomic E-state index is 0.0274. The molecule has 4 rings (SSSR count). The third-order valence-corrected chi connectivity index (χ3v) is 7.32. The summed E-state index contributed by atoms with van der Waals surface area (Å²) in [6, 6.07) is 14.4. The first-order valence-electron chi connectivity index (χ1n) is 12.9. The fourth-order valence-electron chi connectivity index (χ4n) is 5.14. The van der Waals surface area contributed by atoms with E-state index in [4.69, 9.17) is 16.3 Å². The zero-order valence-corrected chi connectivity index (χ0v) is 21.5. The van der Waals surface area contributed by atoms with Crippen molar-refractivity contribution in [3.05, 3.63) is 65.2 Å². The fraction of sp³-hybridized carbons (Fsp3) is 0.464. The summed E-state index contributed by atoms with van der Waals surface area (Å²) in [5.74, 6) is -0.279. The Bertz CT molecular complexity index is 1080. The SMILES string of the molecule is O=C(N[C@@H](CC1CCCCC1)C(=O)N[C@@H]1CCC(=O)N(c2ccccc2)[C@H]1O)OCc1cccc(Cl)c1. The van der Waals surface area contributed by atoms with E-state index >= 15 is 0 Å². The van der Waals surface area contributed by atoms with E-state index in [0.717, 1.165) is 31.2 Å². The number of piperidine rings is 1. The third kappa shape index (κ3) is 7.46. The molecule has 2 fully saturated rings. The van der Waals surface area contributed by atoms with E-state index in [1.165, 1.54) is 11.3 Å². The molecule has 1 aliphatic heterocycles. The summed E-state index contributed by atoms with van der Waals surface area (Å²) < 4.78 is 5.36. The van der Waals surface area contributed by atoms with Crippen LogP contribution in [0.25, 0.3) is 0 Å². The summed E-state index contributed by atoms with van der Waals surface area (Å²) in [7, 11) is 0. The van der Waals surface area contributed by atoms with Gasteiger partial charge in [-0.25, -0.2) is 4.79 Å². The lowest BCUT2D eigenvalue weighted by atomic mass is 9.84. The van der Waals surface area contributed by atoms with Gasteiger partial charge in [-0.1, -0.05) is 74.0 Å². The van der Waals surface area contributed by atoms with Gasteiger partial charge in [-0.3, -0.25) is 14.5 Å². The monoisotopic (exact) mass is 527 g/mol. The standard InChI is InChI=1S/C28H34ClN3O5/c29-21-11-7-10-20(16-21)18-37-28(36)31-24(17-19-8-3-1-4-9-19)26(34)30-23-14-15-25(33)32(27(23)35)22-12-5-2-6-13-22/h2,5-7,10-13,16,19,23-24,27,35H,1,3-4,8-9,14-15,17-18H2,(H,30,34)(H,31,36)/t23-,24+,27+/m1/s1. The molecule has 8 nitrogen and oxygen atoms in total. The molecule has 1 heterocycles. The highest BCUT2D eigenvalue weighted by atomic mass is 35.5. The predicted molar refractivity (Wildman–Crippen MR) is 141 cm³/mol. The number of nitrogens with zero attached hydrogens (tertiary/aromatic N) is 1. The first-order valence-corrected chi connectivity index (χ1v) is 13.3. The maximum Gasteiger partial charge on any atom is 0.408 e. The van der Waals surface area contributed by atoms with Gasteiger partial charge in [0.15, 0.2) is 6.23 Å². The quantitative estimate of drug-likeness (QED) is 0.467. The lowest BCUT2D eigenvalue weighted by Crippen LogP contribution is -2.60. The Morgan fingerprint density at radius 1 is 1.05 bits per heavy atom. The van der Waals surface area contributed by atoms with Gasteiger partial charge in [-0.2, -0.15) is 0 Å². The molecule has 198 valence electrons. The van der Waals surface area contributed by atoms with Crippen molar-refractivity contribution in [3.63, 3.8) is 0 Å². The van der Waals surface area contributed by atoms with Crippen LogP contribution in [0.2, 0.25) is 5.02 Å². The molecule has 3 N–H and O–H groups in total. The van der Waals surface area contributed by atoms with Crippen LogP contribution in [0.4, 0.5) is 10.5 Å². The zero-order chi connectivity index (χ0) is 26.2. The molecule has 2 aliphatic rings. The van der Waals surface area contributed by atoms with Crippen LogP contribution < -0.4 is 15.5 Å². The van der Waals surface area contributed by atoms with Crippen LogP contribution in [-0.2, 0) is 20.9 Å². The smallest absolute Gasteiger partial charge is 0.408 e. The van der Waals surface area contributed by atoms with Crippen molar-refractivity contribution in [1.29, 1.82) is 0 Å². The Morgan fingerprint density at radius 2 is 1.81 bits per heavy atom. The number of para-hydroxylation sites is 1. The van der Waals surface area contributed by atoms with E-state index in [1.807, 2.05) is 6.07 Å². The molecular weight excluding hydrogens is 494 g/mol. The maximum atomic E-state index is 13.4. The molecule has 1 aliphatic carbocycles.